The summed E-state index contributed by atoms with van der Waals surface area (Å²) in [6, 6.07) is 69.9. The minimum absolute atomic E-state index is 0.510. The molecule has 0 fully saturated rings. The van der Waals surface area contributed by atoms with Crippen LogP contribution in [0, 0.1) is 0 Å². The molecule has 0 atom stereocenters. The van der Waals surface area contributed by atoms with Gasteiger partial charge < -0.3 is 8.83 Å². The quantitative estimate of drug-likeness (QED) is 0.162. The zero-order valence-electron chi connectivity index (χ0n) is 33.2. The van der Waals surface area contributed by atoms with Crippen LogP contribution in [0.15, 0.2) is 209 Å². The van der Waals surface area contributed by atoms with E-state index in [0.29, 0.717) is 17.5 Å². The van der Waals surface area contributed by atoms with Crippen LogP contribution in [0.25, 0.3) is 133 Å². The van der Waals surface area contributed by atoms with Crippen molar-refractivity contribution < 1.29 is 8.83 Å². The molecule has 0 N–H and O–H groups in total. The SMILES string of the molecule is c1ccc(-c2c3ccccc3c(-c3ccc4ccccc4c3-c3nc(-c4cccc5c4oc4ccccc45)nc(-c4cccc5c4oc4ccccc45)n3)c3ccccc23)cc1. The molecule has 0 spiro atoms. The summed E-state index contributed by atoms with van der Waals surface area (Å²) in [5.74, 6) is 1.57. The molecule has 0 radical (unpaired) electrons. The maximum absolute atomic E-state index is 6.63. The molecule has 0 bridgehead atoms. The van der Waals surface area contributed by atoms with Gasteiger partial charge in [-0.25, -0.2) is 15.0 Å². The Morgan fingerprint density at radius 1 is 0.258 bits per heavy atom. The van der Waals surface area contributed by atoms with Gasteiger partial charge in [-0.1, -0.05) is 176 Å². The molecule has 0 aliphatic carbocycles. The van der Waals surface area contributed by atoms with E-state index in [9.17, 15) is 0 Å². The first-order chi connectivity index (χ1) is 30.8. The van der Waals surface area contributed by atoms with Gasteiger partial charge in [-0.15, -0.1) is 0 Å². The molecule has 5 heteroatoms. The third-order valence-corrected chi connectivity index (χ3v) is 12.3. The Kier molecular flexibility index (Phi) is 7.54. The molecule has 13 rings (SSSR count). The van der Waals surface area contributed by atoms with Gasteiger partial charge in [0.05, 0.1) is 11.1 Å². The predicted molar refractivity (Wildman–Crippen MR) is 254 cm³/mol. The molecule has 0 aliphatic rings. The van der Waals surface area contributed by atoms with E-state index >= 15 is 0 Å². The minimum atomic E-state index is 0.510. The largest absolute Gasteiger partial charge is 0.455 e. The minimum Gasteiger partial charge on any atom is -0.455 e. The molecule has 0 saturated carbocycles. The first-order valence-corrected chi connectivity index (χ1v) is 20.9. The number of nitrogens with zero attached hydrogens (tertiary/aromatic N) is 3. The normalized spacial score (nSPS) is 11.9. The molecule has 0 saturated heterocycles. The third-order valence-electron chi connectivity index (χ3n) is 12.3. The summed E-state index contributed by atoms with van der Waals surface area (Å²) in [7, 11) is 0. The number of rotatable bonds is 5. The molecule has 62 heavy (non-hydrogen) atoms. The maximum atomic E-state index is 6.63. The highest BCUT2D eigenvalue weighted by molar-refractivity contribution is 6.23. The molecule has 3 heterocycles. The molecule has 0 amide bonds. The lowest BCUT2D eigenvalue weighted by Crippen LogP contribution is -2.02. The number of hydrogen-bond donors (Lipinski definition) is 0. The smallest absolute Gasteiger partial charge is 0.167 e. The number of furan rings is 2. The van der Waals surface area contributed by atoms with Crippen molar-refractivity contribution in [2.45, 2.75) is 0 Å². The molecule has 3 aromatic heterocycles. The molecular weight excluding hydrogens is 759 g/mol. The summed E-state index contributed by atoms with van der Waals surface area (Å²) >= 11 is 0. The van der Waals surface area contributed by atoms with Crippen molar-refractivity contribution in [2.75, 3.05) is 0 Å². The van der Waals surface area contributed by atoms with Crippen LogP contribution in [0.2, 0.25) is 0 Å². The second kappa shape index (κ2) is 13.6. The Bertz CT molecular complexity index is 3750. The Morgan fingerprint density at radius 2 is 0.694 bits per heavy atom. The summed E-state index contributed by atoms with van der Waals surface area (Å²) in [6.45, 7) is 0. The summed E-state index contributed by atoms with van der Waals surface area (Å²) < 4.78 is 13.3. The molecule has 0 unspecified atom stereocenters. The fourth-order valence-electron chi connectivity index (χ4n) is 9.63. The van der Waals surface area contributed by atoms with Gasteiger partial charge >= 0.3 is 0 Å². The van der Waals surface area contributed by atoms with Gasteiger partial charge in [0.1, 0.15) is 22.3 Å². The number of aromatic nitrogens is 3. The lowest BCUT2D eigenvalue weighted by Gasteiger charge is -2.20. The van der Waals surface area contributed by atoms with Crippen molar-refractivity contribution in [3.63, 3.8) is 0 Å². The van der Waals surface area contributed by atoms with E-state index in [-0.39, 0.29) is 0 Å². The van der Waals surface area contributed by atoms with E-state index in [0.717, 1.165) is 93.2 Å². The number of para-hydroxylation sites is 4. The molecule has 288 valence electrons. The van der Waals surface area contributed by atoms with Crippen molar-refractivity contribution in [3.8, 4) is 56.4 Å². The van der Waals surface area contributed by atoms with Gasteiger partial charge in [0.25, 0.3) is 0 Å². The number of fused-ring (bicyclic) bond motifs is 9. The van der Waals surface area contributed by atoms with Crippen LogP contribution in [0.4, 0.5) is 0 Å². The summed E-state index contributed by atoms with van der Waals surface area (Å²) in [5, 5.41) is 10.9. The Balaban J connectivity index is 1.16. The van der Waals surface area contributed by atoms with E-state index in [2.05, 4.69) is 152 Å². The fourth-order valence-corrected chi connectivity index (χ4v) is 9.63. The van der Waals surface area contributed by atoms with Gasteiger partial charge in [0.15, 0.2) is 17.5 Å². The van der Waals surface area contributed by atoms with Crippen molar-refractivity contribution in [1.29, 1.82) is 0 Å². The zero-order chi connectivity index (χ0) is 40.7. The van der Waals surface area contributed by atoms with E-state index in [1.165, 1.54) is 21.9 Å². The highest BCUT2D eigenvalue weighted by Gasteiger charge is 2.25. The summed E-state index contributed by atoms with van der Waals surface area (Å²) in [6.07, 6.45) is 0. The van der Waals surface area contributed by atoms with Crippen molar-refractivity contribution in [2.24, 2.45) is 0 Å². The second-order valence-electron chi connectivity index (χ2n) is 15.8. The first kappa shape index (κ1) is 34.5. The lowest BCUT2D eigenvalue weighted by atomic mass is 9.83. The molecular formula is C57H33N3O2. The molecule has 10 aromatic carbocycles. The summed E-state index contributed by atoms with van der Waals surface area (Å²) in [5.41, 5.74) is 10.1. The Hall–Kier alpha value is -8.41. The summed E-state index contributed by atoms with van der Waals surface area (Å²) in [4.78, 5) is 16.3. The van der Waals surface area contributed by atoms with Gasteiger partial charge in [-0.3, -0.25) is 0 Å². The van der Waals surface area contributed by atoms with E-state index in [1.54, 1.807) is 0 Å². The average Bonchev–Trinajstić information content (AvgIpc) is 3.92. The van der Waals surface area contributed by atoms with Crippen LogP contribution in [-0.2, 0) is 0 Å². The first-order valence-electron chi connectivity index (χ1n) is 20.9. The zero-order valence-corrected chi connectivity index (χ0v) is 33.2. The average molecular weight is 792 g/mol. The van der Waals surface area contributed by atoms with E-state index in [4.69, 9.17) is 23.8 Å². The van der Waals surface area contributed by atoms with Crippen molar-refractivity contribution >= 4 is 76.2 Å². The fraction of sp³-hybridized carbons (Fsp3) is 0. The van der Waals surface area contributed by atoms with Crippen LogP contribution in [-0.4, -0.2) is 15.0 Å². The number of hydrogen-bond acceptors (Lipinski definition) is 5. The highest BCUT2D eigenvalue weighted by atomic mass is 16.3. The lowest BCUT2D eigenvalue weighted by molar-refractivity contribution is 0.669. The second-order valence-corrected chi connectivity index (χ2v) is 15.8. The Morgan fingerprint density at radius 3 is 1.26 bits per heavy atom. The van der Waals surface area contributed by atoms with Gasteiger partial charge in [-0.05, 0) is 78.8 Å². The standard InChI is InChI=1S/C57H33N3O2/c1-2-17-35(18-3-1)50-39-22-6-8-24-41(39)51(42-25-9-7-23-40(42)50)45-33-32-34-16-4-5-19-36(34)52(45)57-59-55(46-28-14-26-43-37-20-10-12-30-48(37)61-53(43)46)58-56(60-57)47-29-15-27-44-38-21-11-13-31-49(38)62-54(44)47/h1-33H. The topological polar surface area (TPSA) is 65.0 Å². The van der Waals surface area contributed by atoms with Gasteiger partial charge in [-0.2, -0.15) is 0 Å². The van der Waals surface area contributed by atoms with Crippen LogP contribution in [0.3, 0.4) is 0 Å². The highest BCUT2D eigenvalue weighted by Crippen LogP contribution is 2.48. The van der Waals surface area contributed by atoms with Crippen LogP contribution in [0.5, 0.6) is 0 Å². The van der Waals surface area contributed by atoms with Crippen LogP contribution < -0.4 is 0 Å². The van der Waals surface area contributed by atoms with Crippen molar-refractivity contribution in [3.05, 3.63) is 200 Å². The maximum Gasteiger partial charge on any atom is 0.167 e. The Labute approximate surface area is 355 Å². The third kappa shape index (κ3) is 5.18. The predicted octanol–water partition coefficient (Wildman–Crippen LogP) is 15.5. The van der Waals surface area contributed by atoms with Gasteiger partial charge in [0.2, 0.25) is 0 Å². The van der Waals surface area contributed by atoms with E-state index in [1.807, 2.05) is 48.5 Å². The van der Waals surface area contributed by atoms with Crippen molar-refractivity contribution in [1.82, 2.24) is 15.0 Å². The van der Waals surface area contributed by atoms with E-state index < -0.39 is 0 Å². The molecule has 0 aliphatic heterocycles. The molecule has 5 nitrogen and oxygen atoms in total. The molecule has 13 aromatic rings. The van der Waals surface area contributed by atoms with Crippen LogP contribution in [0.1, 0.15) is 0 Å². The van der Waals surface area contributed by atoms with Crippen LogP contribution >= 0.6 is 0 Å². The number of benzene rings is 10. The monoisotopic (exact) mass is 791 g/mol. The van der Waals surface area contributed by atoms with Gasteiger partial charge in [0, 0.05) is 27.1 Å².